The van der Waals surface area contributed by atoms with Crippen molar-refractivity contribution in [2.24, 2.45) is 0 Å². The van der Waals surface area contributed by atoms with Crippen LogP contribution in [-0.4, -0.2) is 22.6 Å². The number of hydrogen-bond donors (Lipinski definition) is 0. The lowest BCUT2D eigenvalue weighted by Gasteiger charge is -2.31. The van der Waals surface area contributed by atoms with Gasteiger partial charge in [-0.2, -0.15) is 0 Å². The second kappa shape index (κ2) is 7.15. The molecule has 5 rings (SSSR count). The SMILES string of the molecule is COc1cccc(-c2ncc3n2CN(C(=O)c2cccc(F)c2)c2ccccc2-3)c1. The zero-order chi connectivity index (χ0) is 20.7. The van der Waals surface area contributed by atoms with Gasteiger partial charge in [0.15, 0.2) is 0 Å². The molecule has 30 heavy (non-hydrogen) atoms. The Morgan fingerprint density at radius 1 is 1.03 bits per heavy atom. The number of amides is 1. The monoisotopic (exact) mass is 399 g/mol. The van der Waals surface area contributed by atoms with E-state index >= 15 is 0 Å². The third-order valence-corrected chi connectivity index (χ3v) is 5.25. The van der Waals surface area contributed by atoms with Crippen LogP contribution in [0, 0.1) is 5.82 Å². The smallest absolute Gasteiger partial charge is 0.259 e. The van der Waals surface area contributed by atoms with Gasteiger partial charge in [-0.15, -0.1) is 0 Å². The van der Waals surface area contributed by atoms with Crippen molar-refractivity contribution in [1.29, 1.82) is 0 Å². The Morgan fingerprint density at radius 2 is 1.87 bits per heavy atom. The average molecular weight is 399 g/mol. The molecule has 1 amide bonds. The molecule has 0 radical (unpaired) electrons. The maximum absolute atomic E-state index is 13.7. The van der Waals surface area contributed by atoms with E-state index in [1.165, 1.54) is 12.1 Å². The molecule has 148 valence electrons. The maximum atomic E-state index is 13.7. The van der Waals surface area contributed by atoms with Crippen molar-refractivity contribution in [1.82, 2.24) is 9.55 Å². The highest BCUT2D eigenvalue weighted by Crippen LogP contribution is 2.39. The number of rotatable bonds is 3. The van der Waals surface area contributed by atoms with Crippen LogP contribution in [0.4, 0.5) is 10.1 Å². The quantitative estimate of drug-likeness (QED) is 0.488. The van der Waals surface area contributed by atoms with Crippen LogP contribution in [0.25, 0.3) is 22.6 Å². The minimum absolute atomic E-state index is 0.266. The van der Waals surface area contributed by atoms with E-state index in [0.29, 0.717) is 5.56 Å². The summed E-state index contributed by atoms with van der Waals surface area (Å²) in [6.45, 7) is 0.272. The molecule has 5 nitrogen and oxygen atoms in total. The number of carbonyl (C=O) groups excluding carboxylic acids is 1. The predicted molar refractivity (Wildman–Crippen MR) is 113 cm³/mol. The molecule has 0 saturated carbocycles. The number of fused-ring (bicyclic) bond motifs is 3. The first-order valence-corrected chi connectivity index (χ1v) is 9.52. The highest BCUT2D eigenvalue weighted by atomic mass is 19.1. The number of carbonyl (C=O) groups is 1. The van der Waals surface area contributed by atoms with Gasteiger partial charge < -0.3 is 9.30 Å². The zero-order valence-corrected chi connectivity index (χ0v) is 16.2. The molecule has 0 unspecified atom stereocenters. The van der Waals surface area contributed by atoms with Gasteiger partial charge in [-0.05, 0) is 36.4 Å². The van der Waals surface area contributed by atoms with Crippen molar-refractivity contribution in [3.05, 3.63) is 90.4 Å². The fourth-order valence-electron chi connectivity index (χ4n) is 3.82. The van der Waals surface area contributed by atoms with Gasteiger partial charge in [0.05, 0.1) is 24.7 Å². The molecule has 1 aliphatic rings. The van der Waals surface area contributed by atoms with Crippen LogP contribution in [0.5, 0.6) is 5.75 Å². The van der Waals surface area contributed by atoms with Gasteiger partial charge in [0.25, 0.3) is 5.91 Å². The molecule has 1 aromatic heterocycles. The summed E-state index contributed by atoms with van der Waals surface area (Å²) in [7, 11) is 1.62. The van der Waals surface area contributed by atoms with Crippen molar-refractivity contribution in [2.45, 2.75) is 6.67 Å². The van der Waals surface area contributed by atoms with E-state index in [1.807, 2.05) is 59.3 Å². The summed E-state index contributed by atoms with van der Waals surface area (Å²) >= 11 is 0. The fraction of sp³-hybridized carbons (Fsp3) is 0.0833. The van der Waals surface area contributed by atoms with Crippen molar-refractivity contribution in [3.63, 3.8) is 0 Å². The summed E-state index contributed by atoms with van der Waals surface area (Å²) in [4.78, 5) is 19.6. The van der Waals surface area contributed by atoms with Crippen molar-refractivity contribution >= 4 is 11.6 Å². The van der Waals surface area contributed by atoms with Gasteiger partial charge in [-0.1, -0.05) is 36.4 Å². The Balaban J connectivity index is 1.64. The molecule has 0 fully saturated rings. The standard InChI is InChI=1S/C24H18FN3O2/c1-30-19-9-5-6-16(13-19)23-26-14-22-20-10-2-3-11-21(20)28(15-27(22)23)24(29)17-7-4-8-18(25)12-17/h2-14H,15H2,1H3. The number of nitrogens with zero attached hydrogens (tertiary/aromatic N) is 3. The van der Waals surface area contributed by atoms with Gasteiger partial charge in [-0.25, -0.2) is 9.37 Å². The largest absolute Gasteiger partial charge is 0.497 e. The van der Waals surface area contributed by atoms with Crippen LogP contribution >= 0.6 is 0 Å². The number of methoxy groups -OCH3 is 1. The fourth-order valence-corrected chi connectivity index (χ4v) is 3.82. The number of ether oxygens (including phenoxy) is 1. The lowest BCUT2D eigenvalue weighted by molar-refractivity contribution is 0.0978. The Kier molecular flexibility index (Phi) is 4.32. The molecule has 0 aliphatic carbocycles. The van der Waals surface area contributed by atoms with Gasteiger partial charge in [0, 0.05) is 16.7 Å². The van der Waals surface area contributed by atoms with Gasteiger partial charge >= 0.3 is 0 Å². The molecule has 0 bridgehead atoms. The number of anilines is 1. The molecule has 3 aromatic carbocycles. The van der Waals surface area contributed by atoms with E-state index in [9.17, 15) is 9.18 Å². The number of aromatic nitrogens is 2. The molecule has 0 spiro atoms. The van der Waals surface area contributed by atoms with Crippen LogP contribution in [0.15, 0.2) is 79.0 Å². The summed E-state index contributed by atoms with van der Waals surface area (Å²) in [5.74, 6) is 0.758. The molecule has 2 heterocycles. The second-order valence-corrected chi connectivity index (χ2v) is 7.03. The lowest BCUT2D eigenvalue weighted by atomic mass is 10.1. The maximum Gasteiger partial charge on any atom is 0.259 e. The number of benzene rings is 3. The molecular weight excluding hydrogens is 381 g/mol. The number of para-hydroxylation sites is 1. The van der Waals surface area contributed by atoms with E-state index in [-0.39, 0.29) is 12.6 Å². The second-order valence-electron chi connectivity index (χ2n) is 7.03. The summed E-state index contributed by atoms with van der Waals surface area (Å²) in [6.07, 6.45) is 1.82. The Morgan fingerprint density at radius 3 is 2.70 bits per heavy atom. The summed E-state index contributed by atoms with van der Waals surface area (Å²) in [6, 6.07) is 21.1. The minimum atomic E-state index is -0.438. The minimum Gasteiger partial charge on any atom is -0.497 e. The van der Waals surface area contributed by atoms with Gasteiger partial charge in [0.2, 0.25) is 0 Å². The van der Waals surface area contributed by atoms with Crippen LogP contribution in [-0.2, 0) is 6.67 Å². The Bertz CT molecular complexity index is 1260. The van der Waals surface area contributed by atoms with E-state index < -0.39 is 5.82 Å². The molecule has 6 heteroatoms. The molecule has 4 aromatic rings. The normalized spacial score (nSPS) is 12.3. The van der Waals surface area contributed by atoms with E-state index in [4.69, 9.17) is 4.74 Å². The summed E-state index contributed by atoms with van der Waals surface area (Å²) < 4.78 is 21.1. The summed E-state index contributed by atoms with van der Waals surface area (Å²) in [5.41, 5.74) is 3.78. The first-order valence-electron chi connectivity index (χ1n) is 9.52. The van der Waals surface area contributed by atoms with Crippen molar-refractivity contribution in [3.8, 4) is 28.4 Å². The first-order chi connectivity index (χ1) is 14.7. The molecule has 1 aliphatic heterocycles. The first kappa shape index (κ1) is 18.1. The molecular formula is C24H18FN3O2. The molecule has 0 N–H and O–H groups in total. The van der Waals surface area contributed by atoms with E-state index in [1.54, 1.807) is 24.1 Å². The van der Waals surface area contributed by atoms with Gasteiger partial charge in [0.1, 0.15) is 24.1 Å². The predicted octanol–water partition coefficient (Wildman–Crippen LogP) is 4.98. The van der Waals surface area contributed by atoms with Crippen molar-refractivity contribution < 1.29 is 13.9 Å². The third kappa shape index (κ3) is 2.93. The average Bonchev–Trinajstić information content (AvgIpc) is 3.22. The molecule has 0 saturated heterocycles. The lowest BCUT2D eigenvalue weighted by Crippen LogP contribution is -2.36. The van der Waals surface area contributed by atoms with Crippen molar-refractivity contribution in [2.75, 3.05) is 12.0 Å². The Labute approximate surface area is 173 Å². The number of halogens is 1. The topological polar surface area (TPSA) is 47.4 Å². The highest BCUT2D eigenvalue weighted by molar-refractivity contribution is 6.08. The van der Waals surface area contributed by atoms with Crippen LogP contribution in [0.3, 0.4) is 0 Å². The van der Waals surface area contributed by atoms with Crippen LogP contribution in [0.2, 0.25) is 0 Å². The van der Waals surface area contributed by atoms with E-state index in [0.717, 1.165) is 34.1 Å². The Hall–Kier alpha value is -3.93. The van der Waals surface area contributed by atoms with Gasteiger partial charge in [-0.3, -0.25) is 9.69 Å². The van der Waals surface area contributed by atoms with Crippen LogP contribution in [0.1, 0.15) is 10.4 Å². The van der Waals surface area contributed by atoms with Crippen LogP contribution < -0.4 is 9.64 Å². The molecule has 0 atom stereocenters. The highest BCUT2D eigenvalue weighted by Gasteiger charge is 2.29. The number of hydrogen-bond acceptors (Lipinski definition) is 3. The third-order valence-electron chi connectivity index (χ3n) is 5.25. The zero-order valence-electron chi connectivity index (χ0n) is 16.2. The summed E-state index contributed by atoms with van der Waals surface area (Å²) in [5, 5.41) is 0. The number of imidazole rings is 1. The van der Waals surface area contributed by atoms with E-state index in [2.05, 4.69) is 4.98 Å².